The number of aryl methyl sites for hydroxylation is 1. The summed E-state index contributed by atoms with van der Waals surface area (Å²) < 4.78 is 19.0. The highest BCUT2D eigenvalue weighted by molar-refractivity contribution is 5.94. The van der Waals surface area contributed by atoms with Gasteiger partial charge in [-0.25, -0.2) is 4.39 Å². The Morgan fingerprint density at radius 3 is 2.08 bits per heavy atom. The third-order valence-corrected chi connectivity index (χ3v) is 5.10. The lowest BCUT2D eigenvalue weighted by Gasteiger charge is -2.36. The molecule has 4 rings (SSSR count). The van der Waals surface area contributed by atoms with E-state index < -0.39 is 0 Å². The summed E-state index contributed by atoms with van der Waals surface area (Å²) in [6, 6.07) is 17.4. The maximum absolute atomic E-state index is 13.7. The lowest BCUT2D eigenvalue weighted by Crippen LogP contribution is -2.24. The number of benzene rings is 3. The molecule has 0 aromatic heterocycles. The molecule has 3 aromatic rings. The van der Waals surface area contributed by atoms with Crippen molar-refractivity contribution in [2.75, 3.05) is 31.0 Å². The number of hydrogen-bond donors (Lipinski definition) is 0. The van der Waals surface area contributed by atoms with E-state index in [1.54, 1.807) is 13.2 Å². The molecule has 132 valence electrons. The second kappa shape index (κ2) is 6.06. The summed E-state index contributed by atoms with van der Waals surface area (Å²) in [7, 11) is 5.67. The summed E-state index contributed by atoms with van der Waals surface area (Å²) in [4.78, 5) is 4.16. The van der Waals surface area contributed by atoms with Crippen molar-refractivity contribution < 1.29 is 9.13 Å². The number of methoxy groups -OCH3 is 1. The molecule has 3 nitrogen and oxygen atoms in total. The largest absolute Gasteiger partial charge is 0.497 e. The van der Waals surface area contributed by atoms with Gasteiger partial charge in [-0.05, 0) is 66.1 Å². The molecule has 0 N–H and O–H groups in total. The van der Waals surface area contributed by atoms with Crippen LogP contribution in [0.1, 0.15) is 5.56 Å². The van der Waals surface area contributed by atoms with Crippen molar-refractivity contribution in [1.29, 1.82) is 0 Å². The Kier molecular flexibility index (Phi) is 3.83. The second-order valence-corrected chi connectivity index (χ2v) is 6.64. The minimum absolute atomic E-state index is 0.224. The summed E-state index contributed by atoms with van der Waals surface area (Å²) in [5.41, 5.74) is 7.50. The molecule has 0 unspecified atom stereocenters. The van der Waals surface area contributed by atoms with Crippen LogP contribution in [0, 0.1) is 12.7 Å². The molecule has 0 saturated heterocycles. The number of fused-ring (bicyclic) bond motifs is 2. The number of rotatable bonds is 2. The lowest BCUT2D eigenvalue weighted by atomic mass is 9.98. The standard InChI is InChI=1S/C22H21FN2O/c1-14-11-17(26-4)7-8-18(14)15-5-9-19-21(12-15)24(2)20-10-6-16(23)13-22(20)25(19)3/h5-13H,1-4H3. The van der Waals surface area contributed by atoms with Crippen LogP contribution < -0.4 is 14.5 Å². The Balaban J connectivity index is 1.83. The van der Waals surface area contributed by atoms with Gasteiger partial charge in [0.15, 0.2) is 0 Å². The van der Waals surface area contributed by atoms with Crippen LogP contribution in [0.25, 0.3) is 11.1 Å². The van der Waals surface area contributed by atoms with Crippen molar-refractivity contribution in [3.8, 4) is 16.9 Å². The van der Waals surface area contributed by atoms with Gasteiger partial charge in [-0.3, -0.25) is 0 Å². The first-order valence-electron chi connectivity index (χ1n) is 8.55. The minimum atomic E-state index is -0.224. The highest BCUT2D eigenvalue weighted by Gasteiger charge is 2.25. The van der Waals surface area contributed by atoms with Gasteiger partial charge in [0.05, 0.1) is 29.9 Å². The fourth-order valence-corrected chi connectivity index (χ4v) is 3.64. The van der Waals surface area contributed by atoms with Crippen LogP contribution in [0.2, 0.25) is 0 Å². The van der Waals surface area contributed by atoms with Gasteiger partial charge in [0.1, 0.15) is 11.6 Å². The van der Waals surface area contributed by atoms with E-state index >= 15 is 0 Å². The number of nitrogens with zero attached hydrogens (tertiary/aromatic N) is 2. The molecule has 4 heteroatoms. The summed E-state index contributed by atoms with van der Waals surface area (Å²) in [5, 5.41) is 0. The van der Waals surface area contributed by atoms with Crippen LogP contribution in [-0.4, -0.2) is 21.2 Å². The zero-order valence-corrected chi connectivity index (χ0v) is 15.4. The highest BCUT2D eigenvalue weighted by atomic mass is 19.1. The first kappa shape index (κ1) is 16.5. The minimum Gasteiger partial charge on any atom is -0.497 e. The maximum atomic E-state index is 13.7. The third kappa shape index (κ3) is 2.49. The molecule has 0 saturated carbocycles. The number of anilines is 4. The first-order chi connectivity index (χ1) is 12.5. The lowest BCUT2D eigenvalue weighted by molar-refractivity contribution is 0.414. The molecule has 0 amide bonds. The van der Waals surface area contributed by atoms with Crippen LogP contribution in [0.3, 0.4) is 0 Å². The molecule has 26 heavy (non-hydrogen) atoms. The molecular weight excluding hydrogens is 327 g/mol. The Bertz CT molecular complexity index is 999. The molecule has 0 spiro atoms. The van der Waals surface area contributed by atoms with Gasteiger partial charge in [0.2, 0.25) is 0 Å². The predicted molar refractivity (Wildman–Crippen MR) is 106 cm³/mol. The Labute approximate surface area is 153 Å². The fraction of sp³-hybridized carbons (Fsp3) is 0.182. The van der Waals surface area contributed by atoms with Gasteiger partial charge in [-0.1, -0.05) is 12.1 Å². The SMILES string of the molecule is COc1ccc(-c2ccc3c(c2)N(C)c2ccc(F)cc2N3C)c(C)c1. The van der Waals surface area contributed by atoms with E-state index in [0.717, 1.165) is 34.1 Å². The fourth-order valence-electron chi connectivity index (χ4n) is 3.64. The second-order valence-electron chi connectivity index (χ2n) is 6.64. The van der Waals surface area contributed by atoms with Crippen molar-refractivity contribution >= 4 is 22.7 Å². The quantitative estimate of drug-likeness (QED) is 0.594. The monoisotopic (exact) mass is 348 g/mol. The van der Waals surface area contributed by atoms with Gasteiger partial charge < -0.3 is 14.5 Å². The van der Waals surface area contributed by atoms with E-state index in [-0.39, 0.29) is 5.82 Å². The van der Waals surface area contributed by atoms with Crippen LogP contribution in [0.15, 0.2) is 54.6 Å². The van der Waals surface area contributed by atoms with E-state index in [4.69, 9.17) is 4.74 Å². The number of halogens is 1. The van der Waals surface area contributed by atoms with Crippen molar-refractivity contribution in [3.63, 3.8) is 0 Å². The smallest absolute Gasteiger partial charge is 0.125 e. The van der Waals surface area contributed by atoms with Gasteiger partial charge in [0.25, 0.3) is 0 Å². The molecule has 0 bridgehead atoms. The van der Waals surface area contributed by atoms with Gasteiger partial charge in [0, 0.05) is 14.1 Å². The normalized spacial score (nSPS) is 12.7. The third-order valence-electron chi connectivity index (χ3n) is 5.10. The van der Waals surface area contributed by atoms with Gasteiger partial charge in [-0.15, -0.1) is 0 Å². The Morgan fingerprint density at radius 1 is 0.769 bits per heavy atom. The Morgan fingerprint density at radius 2 is 1.42 bits per heavy atom. The van der Waals surface area contributed by atoms with Crippen molar-refractivity contribution in [3.05, 3.63) is 66.0 Å². The van der Waals surface area contributed by atoms with Gasteiger partial charge >= 0.3 is 0 Å². The van der Waals surface area contributed by atoms with Crippen molar-refractivity contribution in [2.24, 2.45) is 0 Å². The van der Waals surface area contributed by atoms with Crippen LogP contribution in [-0.2, 0) is 0 Å². The molecule has 0 fully saturated rings. The molecule has 1 aliphatic rings. The molecule has 1 heterocycles. The molecule has 0 atom stereocenters. The summed E-state index contributed by atoms with van der Waals surface area (Å²) >= 11 is 0. The molecule has 3 aromatic carbocycles. The zero-order chi connectivity index (χ0) is 18.4. The van der Waals surface area contributed by atoms with E-state index in [1.165, 1.54) is 17.2 Å². The molecule has 1 aliphatic heterocycles. The average Bonchev–Trinajstić information content (AvgIpc) is 2.65. The molecule has 0 aliphatic carbocycles. The first-order valence-corrected chi connectivity index (χ1v) is 8.55. The maximum Gasteiger partial charge on any atom is 0.125 e. The molecular formula is C22H21FN2O. The highest BCUT2D eigenvalue weighted by Crippen LogP contribution is 2.47. The predicted octanol–water partition coefficient (Wildman–Crippen LogP) is 5.66. The van der Waals surface area contributed by atoms with Crippen molar-refractivity contribution in [1.82, 2.24) is 0 Å². The average molecular weight is 348 g/mol. The van der Waals surface area contributed by atoms with E-state index in [9.17, 15) is 4.39 Å². The van der Waals surface area contributed by atoms with Crippen LogP contribution in [0.4, 0.5) is 27.1 Å². The number of hydrogen-bond acceptors (Lipinski definition) is 3. The van der Waals surface area contributed by atoms with E-state index in [0.29, 0.717) is 0 Å². The van der Waals surface area contributed by atoms with E-state index in [1.807, 2.05) is 37.2 Å². The Hall–Kier alpha value is -3.01. The van der Waals surface area contributed by atoms with Crippen LogP contribution in [0.5, 0.6) is 5.75 Å². The van der Waals surface area contributed by atoms with E-state index in [2.05, 4.69) is 36.1 Å². The van der Waals surface area contributed by atoms with Crippen molar-refractivity contribution in [2.45, 2.75) is 6.92 Å². The topological polar surface area (TPSA) is 15.7 Å². The summed E-state index contributed by atoms with van der Waals surface area (Å²) in [6.45, 7) is 2.09. The zero-order valence-electron chi connectivity index (χ0n) is 15.4. The number of ether oxygens (including phenoxy) is 1. The van der Waals surface area contributed by atoms with Gasteiger partial charge in [-0.2, -0.15) is 0 Å². The summed E-state index contributed by atoms with van der Waals surface area (Å²) in [5.74, 6) is 0.634. The summed E-state index contributed by atoms with van der Waals surface area (Å²) in [6.07, 6.45) is 0. The molecule has 0 radical (unpaired) electrons. The van der Waals surface area contributed by atoms with Crippen LogP contribution >= 0.6 is 0 Å².